The van der Waals surface area contributed by atoms with Crippen molar-refractivity contribution >= 4 is 5.78 Å². The molecule has 0 aromatic rings. The molecule has 0 unspecified atom stereocenters. The largest absolute Gasteiger partial charge is 0.325 e. The van der Waals surface area contributed by atoms with Gasteiger partial charge in [0.25, 0.3) is 0 Å². The Balaban J connectivity index is 2.17. The Kier molecular flexibility index (Phi) is 2.31. The number of nitrogens with two attached hydrogens (primary N) is 1. The summed E-state index contributed by atoms with van der Waals surface area (Å²) in [6, 6.07) is 0. The van der Waals surface area contributed by atoms with E-state index in [0.29, 0.717) is 19.3 Å². The Morgan fingerprint density at radius 1 is 1.64 bits per heavy atom. The van der Waals surface area contributed by atoms with Gasteiger partial charge in [0.15, 0.2) is 0 Å². The summed E-state index contributed by atoms with van der Waals surface area (Å²) in [5.74, 6) is 2.65. The van der Waals surface area contributed by atoms with Crippen molar-refractivity contribution in [1.29, 1.82) is 0 Å². The monoisotopic (exact) mass is 151 g/mol. The van der Waals surface area contributed by atoms with Crippen LogP contribution in [0.1, 0.15) is 32.1 Å². The third-order valence-corrected chi connectivity index (χ3v) is 1.99. The molecular formula is C9H13NO. The number of rotatable bonds is 4. The van der Waals surface area contributed by atoms with E-state index in [-0.39, 0.29) is 11.3 Å². The summed E-state index contributed by atoms with van der Waals surface area (Å²) in [7, 11) is 0. The molecule has 0 bridgehead atoms. The topological polar surface area (TPSA) is 43.1 Å². The van der Waals surface area contributed by atoms with E-state index in [1.807, 2.05) is 0 Å². The van der Waals surface area contributed by atoms with Crippen molar-refractivity contribution in [2.75, 3.05) is 0 Å². The third-order valence-electron chi connectivity index (χ3n) is 1.99. The smallest absolute Gasteiger partial charge is 0.135 e. The maximum absolute atomic E-state index is 11.1. The molecule has 1 rings (SSSR count). The van der Waals surface area contributed by atoms with Gasteiger partial charge in [-0.15, -0.1) is 12.3 Å². The number of carbonyl (C=O) groups is 1. The van der Waals surface area contributed by atoms with Gasteiger partial charge in [0.2, 0.25) is 0 Å². The van der Waals surface area contributed by atoms with Gasteiger partial charge in [-0.2, -0.15) is 0 Å². The lowest BCUT2D eigenvalue weighted by atomic mass is 10.1. The standard InChI is InChI=1S/C9H13NO/c1-2-3-4-8(11)7-9(10)5-6-9/h1H,3-7,10H2. The molecule has 0 aliphatic heterocycles. The molecule has 0 aromatic carbocycles. The van der Waals surface area contributed by atoms with Gasteiger partial charge < -0.3 is 5.73 Å². The van der Waals surface area contributed by atoms with Gasteiger partial charge >= 0.3 is 0 Å². The maximum atomic E-state index is 11.1. The van der Waals surface area contributed by atoms with Crippen molar-refractivity contribution in [3.63, 3.8) is 0 Å². The van der Waals surface area contributed by atoms with Gasteiger partial charge in [-0.25, -0.2) is 0 Å². The summed E-state index contributed by atoms with van der Waals surface area (Å²) >= 11 is 0. The molecule has 2 nitrogen and oxygen atoms in total. The molecule has 0 atom stereocenters. The van der Waals surface area contributed by atoms with E-state index in [1.165, 1.54) is 0 Å². The minimum atomic E-state index is -0.147. The number of terminal acetylenes is 1. The van der Waals surface area contributed by atoms with Gasteiger partial charge in [0.05, 0.1) is 0 Å². The molecule has 0 spiro atoms. The Hall–Kier alpha value is -0.810. The SMILES string of the molecule is C#CCCC(=O)CC1(N)CC1. The normalized spacial score (nSPS) is 18.9. The predicted molar refractivity (Wildman–Crippen MR) is 43.8 cm³/mol. The molecule has 2 N–H and O–H groups in total. The summed E-state index contributed by atoms with van der Waals surface area (Å²) in [6.45, 7) is 0. The van der Waals surface area contributed by atoms with Crippen LogP contribution < -0.4 is 5.73 Å². The van der Waals surface area contributed by atoms with Crippen molar-refractivity contribution < 1.29 is 4.79 Å². The first-order chi connectivity index (χ1) is 5.16. The fourth-order valence-electron chi connectivity index (χ4n) is 1.03. The molecule has 0 radical (unpaired) electrons. The number of hydrogen-bond acceptors (Lipinski definition) is 2. The van der Waals surface area contributed by atoms with E-state index in [9.17, 15) is 4.79 Å². The highest BCUT2D eigenvalue weighted by Crippen LogP contribution is 2.35. The second kappa shape index (κ2) is 3.06. The Morgan fingerprint density at radius 3 is 2.73 bits per heavy atom. The minimum Gasteiger partial charge on any atom is -0.325 e. The zero-order chi connectivity index (χ0) is 8.32. The lowest BCUT2D eigenvalue weighted by Crippen LogP contribution is -2.25. The van der Waals surface area contributed by atoms with Crippen molar-refractivity contribution in [3.05, 3.63) is 0 Å². The average Bonchev–Trinajstić information content (AvgIpc) is 2.63. The van der Waals surface area contributed by atoms with Gasteiger partial charge in [0, 0.05) is 24.8 Å². The van der Waals surface area contributed by atoms with Crippen LogP contribution in [0.5, 0.6) is 0 Å². The van der Waals surface area contributed by atoms with Crippen LogP contribution in [0.4, 0.5) is 0 Å². The zero-order valence-electron chi connectivity index (χ0n) is 6.60. The molecule has 2 heteroatoms. The third kappa shape index (κ3) is 2.73. The molecule has 11 heavy (non-hydrogen) atoms. The molecule has 1 aliphatic rings. The van der Waals surface area contributed by atoms with E-state index in [4.69, 9.17) is 12.2 Å². The highest BCUT2D eigenvalue weighted by Gasteiger charge is 2.39. The van der Waals surface area contributed by atoms with Crippen LogP contribution in [-0.4, -0.2) is 11.3 Å². The summed E-state index contributed by atoms with van der Waals surface area (Å²) in [5.41, 5.74) is 5.60. The fraction of sp³-hybridized carbons (Fsp3) is 0.667. The average molecular weight is 151 g/mol. The minimum absolute atomic E-state index is 0.147. The first kappa shape index (κ1) is 8.29. The Morgan fingerprint density at radius 2 is 2.27 bits per heavy atom. The van der Waals surface area contributed by atoms with E-state index < -0.39 is 0 Å². The number of Topliss-reactive ketones (excluding diaryl/α,β-unsaturated/α-hetero) is 1. The van der Waals surface area contributed by atoms with Crippen LogP contribution >= 0.6 is 0 Å². The van der Waals surface area contributed by atoms with E-state index in [1.54, 1.807) is 0 Å². The second-order valence-electron chi connectivity index (χ2n) is 3.28. The summed E-state index contributed by atoms with van der Waals surface area (Å²) in [4.78, 5) is 11.1. The van der Waals surface area contributed by atoms with Gasteiger partial charge in [0.1, 0.15) is 5.78 Å². The van der Waals surface area contributed by atoms with Crippen molar-refractivity contribution in [2.24, 2.45) is 5.73 Å². The molecule has 60 valence electrons. The molecule has 0 amide bonds. The fourth-order valence-corrected chi connectivity index (χ4v) is 1.03. The summed E-state index contributed by atoms with van der Waals surface area (Å²) < 4.78 is 0. The zero-order valence-corrected chi connectivity index (χ0v) is 6.60. The van der Waals surface area contributed by atoms with Crippen molar-refractivity contribution in [1.82, 2.24) is 0 Å². The molecule has 1 fully saturated rings. The van der Waals surface area contributed by atoms with Crippen LogP contribution in [0.15, 0.2) is 0 Å². The molecule has 0 aromatic heterocycles. The molecule has 1 saturated carbocycles. The number of ketones is 1. The molecular weight excluding hydrogens is 138 g/mol. The predicted octanol–water partition coefficient (Wildman–Crippen LogP) is 0.850. The highest BCUT2D eigenvalue weighted by molar-refractivity contribution is 5.80. The van der Waals surface area contributed by atoms with E-state index in [0.717, 1.165) is 12.8 Å². The molecule has 1 aliphatic carbocycles. The van der Waals surface area contributed by atoms with Crippen LogP contribution in [-0.2, 0) is 4.79 Å². The van der Waals surface area contributed by atoms with Crippen LogP contribution in [0.25, 0.3) is 0 Å². The summed E-state index contributed by atoms with van der Waals surface area (Å²) in [5, 5.41) is 0. The van der Waals surface area contributed by atoms with Crippen molar-refractivity contribution in [3.8, 4) is 12.3 Å². The van der Waals surface area contributed by atoms with Gasteiger partial charge in [-0.3, -0.25) is 4.79 Å². The lowest BCUT2D eigenvalue weighted by molar-refractivity contribution is -0.119. The lowest BCUT2D eigenvalue weighted by Gasteiger charge is -2.04. The van der Waals surface area contributed by atoms with Gasteiger partial charge in [-0.05, 0) is 12.8 Å². The quantitative estimate of drug-likeness (QED) is 0.605. The maximum Gasteiger partial charge on any atom is 0.135 e. The van der Waals surface area contributed by atoms with Gasteiger partial charge in [-0.1, -0.05) is 0 Å². The number of carbonyl (C=O) groups excluding carboxylic acids is 1. The molecule has 0 heterocycles. The molecule has 0 saturated heterocycles. The first-order valence-electron chi connectivity index (χ1n) is 3.90. The van der Waals surface area contributed by atoms with Crippen LogP contribution in [0.3, 0.4) is 0 Å². The van der Waals surface area contributed by atoms with E-state index in [2.05, 4.69) is 5.92 Å². The summed E-state index contributed by atoms with van der Waals surface area (Å²) in [6.07, 6.45) is 8.58. The highest BCUT2D eigenvalue weighted by atomic mass is 16.1. The van der Waals surface area contributed by atoms with Crippen molar-refractivity contribution in [2.45, 2.75) is 37.6 Å². The Bertz CT molecular complexity index is 198. The van der Waals surface area contributed by atoms with E-state index >= 15 is 0 Å². The Labute approximate surface area is 67.2 Å². The first-order valence-corrected chi connectivity index (χ1v) is 3.90. The van der Waals surface area contributed by atoms with Crippen LogP contribution in [0, 0.1) is 12.3 Å². The second-order valence-corrected chi connectivity index (χ2v) is 3.28. The van der Waals surface area contributed by atoms with Crippen LogP contribution in [0.2, 0.25) is 0 Å². The number of hydrogen-bond donors (Lipinski definition) is 1.